The molecule has 0 aliphatic rings. The second kappa shape index (κ2) is 5.50. The van der Waals surface area contributed by atoms with Gasteiger partial charge in [-0.3, -0.25) is 10.1 Å². The molecule has 0 spiro atoms. The highest BCUT2D eigenvalue weighted by Gasteiger charge is 2.14. The van der Waals surface area contributed by atoms with Gasteiger partial charge >= 0.3 is 5.69 Å². The average molecular weight is 264 g/mol. The van der Waals surface area contributed by atoms with Gasteiger partial charge in [-0.05, 0) is 36.2 Å². The van der Waals surface area contributed by atoms with E-state index in [-0.39, 0.29) is 0 Å². The standard InChI is InChI=1S/C12H9FN2O2S/c13-11-7-6-9(8-12(11)15(16)17)14-18-10-4-2-1-3-5-10/h1-8,14H. The van der Waals surface area contributed by atoms with Gasteiger partial charge in [-0.15, -0.1) is 0 Å². The van der Waals surface area contributed by atoms with Crippen molar-refractivity contribution in [3.63, 3.8) is 0 Å². The van der Waals surface area contributed by atoms with Gasteiger partial charge in [-0.1, -0.05) is 18.2 Å². The fourth-order valence-corrected chi connectivity index (χ4v) is 1.98. The second-order valence-corrected chi connectivity index (χ2v) is 4.32. The summed E-state index contributed by atoms with van der Waals surface area (Å²) < 4.78 is 16.0. The average Bonchev–Trinajstić information content (AvgIpc) is 2.38. The molecule has 0 saturated carbocycles. The molecule has 2 aromatic carbocycles. The first kappa shape index (κ1) is 12.4. The lowest BCUT2D eigenvalue weighted by atomic mass is 10.3. The van der Waals surface area contributed by atoms with Crippen molar-refractivity contribution >= 4 is 23.3 Å². The van der Waals surface area contributed by atoms with Gasteiger partial charge in [0, 0.05) is 11.0 Å². The van der Waals surface area contributed by atoms with Gasteiger partial charge in [0.05, 0.1) is 10.6 Å². The maximum Gasteiger partial charge on any atom is 0.306 e. The van der Waals surface area contributed by atoms with Crippen LogP contribution in [0.2, 0.25) is 0 Å². The molecule has 0 bridgehead atoms. The maximum absolute atomic E-state index is 13.1. The zero-order valence-electron chi connectivity index (χ0n) is 9.17. The lowest BCUT2D eigenvalue weighted by Crippen LogP contribution is -1.94. The van der Waals surface area contributed by atoms with Crippen LogP contribution in [0.5, 0.6) is 0 Å². The van der Waals surface area contributed by atoms with Crippen LogP contribution in [0.4, 0.5) is 15.8 Å². The Morgan fingerprint density at radius 1 is 1.17 bits per heavy atom. The van der Waals surface area contributed by atoms with Crippen LogP contribution in [-0.2, 0) is 0 Å². The molecule has 0 aliphatic heterocycles. The minimum Gasteiger partial charge on any atom is -0.325 e. The first-order chi connectivity index (χ1) is 8.66. The lowest BCUT2D eigenvalue weighted by Gasteiger charge is -2.05. The Hall–Kier alpha value is -2.08. The molecule has 6 heteroatoms. The summed E-state index contributed by atoms with van der Waals surface area (Å²) in [6, 6.07) is 13.2. The molecule has 0 fully saturated rings. The Labute approximate surface area is 107 Å². The van der Waals surface area contributed by atoms with E-state index in [1.165, 1.54) is 24.1 Å². The molecule has 1 N–H and O–H groups in total. The predicted octanol–water partition coefficient (Wildman–Crippen LogP) is 3.85. The lowest BCUT2D eigenvalue weighted by molar-refractivity contribution is -0.387. The van der Waals surface area contributed by atoms with Crippen LogP contribution in [0.25, 0.3) is 0 Å². The minimum atomic E-state index is -0.838. The quantitative estimate of drug-likeness (QED) is 0.517. The molecule has 0 aromatic heterocycles. The number of rotatable bonds is 4. The molecule has 0 heterocycles. The van der Waals surface area contributed by atoms with Crippen molar-refractivity contribution in [2.24, 2.45) is 0 Å². The van der Waals surface area contributed by atoms with E-state index in [0.29, 0.717) is 5.69 Å². The van der Waals surface area contributed by atoms with Crippen LogP contribution < -0.4 is 4.72 Å². The van der Waals surface area contributed by atoms with E-state index in [1.54, 1.807) is 0 Å². The summed E-state index contributed by atoms with van der Waals surface area (Å²) in [4.78, 5) is 10.8. The molecule has 0 unspecified atom stereocenters. The van der Waals surface area contributed by atoms with Crippen LogP contribution in [0.15, 0.2) is 53.4 Å². The normalized spacial score (nSPS) is 10.1. The molecule has 0 aliphatic carbocycles. The van der Waals surface area contributed by atoms with Crippen molar-refractivity contribution in [3.05, 3.63) is 64.5 Å². The topological polar surface area (TPSA) is 55.2 Å². The zero-order valence-corrected chi connectivity index (χ0v) is 9.99. The van der Waals surface area contributed by atoms with Crippen molar-refractivity contribution in [1.82, 2.24) is 0 Å². The van der Waals surface area contributed by atoms with Crippen molar-refractivity contribution < 1.29 is 9.31 Å². The number of nitro benzene ring substituents is 1. The Kier molecular flexibility index (Phi) is 3.78. The Morgan fingerprint density at radius 2 is 1.89 bits per heavy atom. The van der Waals surface area contributed by atoms with Crippen LogP contribution in [0.3, 0.4) is 0 Å². The second-order valence-electron chi connectivity index (χ2n) is 3.44. The molecule has 92 valence electrons. The van der Waals surface area contributed by atoms with Crippen molar-refractivity contribution in [2.75, 3.05) is 4.72 Å². The Morgan fingerprint density at radius 3 is 2.56 bits per heavy atom. The molecule has 0 radical (unpaired) electrons. The minimum absolute atomic E-state index is 0.483. The number of hydrogen-bond acceptors (Lipinski definition) is 4. The molecule has 0 atom stereocenters. The molecule has 4 nitrogen and oxygen atoms in total. The molecule has 0 amide bonds. The molecule has 2 aromatic rings. The number of halogens is 1. The number of hydrogen-bond donors (Lipinski definition) is 1. The number of nitrogens with one attached hydrogen (secondary N) is 1. The molecular formula is C12H9FN2O2S. The van der Waals surface area contributed by atoms with Gasteiger partial charge in [0.25, 0.3) is 0 Å². The third-order valence-corrected chi connectivity index (χ3v) is 3.02. The van der Waals surface area contributed by atoms with Crippen LogP contribution >= 0.6 is 11.9 Å². The van der Waals surface area contributed by atoms with Crippen molar-refractivity contribution in [2.45, 2.75) is 4.90 Å². The van der Waals surface area contributed by atoms with E-state index < -0.39 is 16.4 Å². The van der Waals surface area contributed by atoms with Crippen LogP contribution in [0.1, 0.15) is 0 Å². The van der Waals surface area contributed by atoms with Crippen LogP contribution in [0, 0.1) is 15.9 Å². The summed E-state index contributed by atoms with van der Waals surface area (Å²) in [5.41, 5.74) is -0.0504. The third kappa shape index (κ3) is 2.98. The molecular weight excluding hydrogens is 255 g/mol. The van der Waals surface area contributed by atoms with Gasteiger partial charge in [0.2, 0.25) is 5.82 Å². The summed E-state index contributed by atoms with van der Waals surface area (Å²) in [5.74, 6) is -0.838. The SMILES string of the molecule is O=[N+]([O-])c1cc(NSc2ccccc2)ccc1F. The predicted molar refractivity (Wildman–Crippen MR) is 69.0 cm³/mol. The summed E-state index contributed by atoms with van der Waals surface area (Å²) in [6.07, 6.45) is 0. The van der Waals surface area contributed by atoms with Crippen LogP contribution in [-0.4, -0.2) is 4.92 Å². The number of benzene rings is 2. The van der Waals surface area contributed by atoms with Crippen molar-refractivity contribution in [1.29, 1.82) is 0 Å². The summed E-state index contributed by atoms with van der Waals surface area (Å²) in [5, 5.41) is 10.6. The van der Waals surface area contributed by atoms with Gasteiger partial charge in [-0.25, -0.2) is 0 Å². The molecule has 0 saturated heterocycles. The monoisotopic (exact) mass is 264 g/mol. The largest absolute Gasteiger partial charge is 0.325 e. The fourth-order valence-electron chi connectivity index (χ4n) is 1.32. The Bertz CT molecular complexity index is 563. The van der Waals surface area contributed by atoms with Crippen molar-refractivity contribution in [3.8, 4) is 0 Å². The van der Waals surface area contributed by atoms with E-state index in [2.05, 4.69) is 4.72 Å². The highest BCUT2D eigenvalue weighted by Crippen LogP contribution is 2.25. The van der Waals surface area contributed by atoms with Gasteiger partial charge < -0.3 is 4.72 Å². The molecule has 18 heavy (non-hydrogen) atoms. The zero-order chi connectivity index (χ0) is 13.0. The first-order valence-electron chi connectivity index (χ1n) is 5.08. The van der Waals surface area contributed by atoms with E-state index in [4.69, 9.17) is 0 Å². The maximum atomic E-state index is 13.1. The fraction of sp³-hybridized carbons (Fsp3) is 0. The third-order valence-electron chi connectivity index (χ3n) is 2.17. The van der Waals surface area contributed by atoms with E-state index >= 15 is 0 Å². The van der Waals surface area contributed by atoms with Gasteiger partial charge in [0.1, 0.15) is 0 Å². The molecule has 2 rings (SSSR count). The smallest absolute Gasteiger partial charge is 0.306 e. The summed E-state index contributed by atoms with van der Waals surface area (Å²) in [6.45, 7) is 0. The summed E-state index contributed by atoms with van der Waals surface area (Å²) in [7, 11) is 0. The highest BCUT2D eigenvalue weighted by molar-refractivity contribution is 8.00. The van der Waals surface area contributed by atoms with E-state index in [1.807, 2.05) is 30.3 Å². The number of nitrogens with zero attached hydrogens (tertiary/aromatic N) is 1. The van der Waals surface area contributed by atoms with E-state index in [0.717, 1.165) is 11.0 Å². The van der Waals surface area contributed by atoms with Gasteiger partial charge in [-0.2, -0.15) is 4.39 Å². The van der Waals surface area contributed by atoms with E-state index in [9.17, 15) is 14.5 Å². The van der Waals surface area contributed by atoms with Gasteiger partial charge in [0.15, 0.2) is 0 Å². The highest BCUT2D eigenvalue weighted by atomic mass is 32.2. The number of anilines is 1. The Balaban J connectivity index is 2.11. The number of nitro groups is 1. The first-order valence-corrected chi connectivity index (χ1v) is 5.90. The summed E-state index contributed by atoms with van der Waals surface area (Å²) >= 11 is 1.30.